The second-order valence-corrected chi connectivity index (χ2v) is 4.29. The highest BCUT2D eigenvalue weighted by molar-refractivity contribution is 7.98. The molecule has 0 spiro atoms. The molecule has 0 aliphatic carbocycles. The van der Waals surface area contributed by atoms with Crippen molar-refractivity contribution in [3.05, 3.63) is 70.6 Å². The number of hydrogen-bond acceptors (Lipinski definition) is 3. The monoisotopic (exact) mass is 229 g/mol. The molecule has 0 unspecified atom stereocenters. The molecule has 80 valence electrons. The fraction of sp³-hybridized carbons (Fsp3) is 0.0769. The lowest BCUT2D eigenvalue weighted by Crippen LogP contribution is -2.03. The summed E-state index contributed by atoms with van der Waals surface area (Å²) >= 11 is 1.52. The summed E-state index contributed by atoms with van der Waals surface area (Å²) in [6.07, 6.45) is 1.52. The Bertz CT molecular complexity index is 513. The third-order valence-corrected chi connectivity index (χ3v) is 3.18. The smallest absolute Gasteiger partial charge is 0.266 e. The number of thioether (sulfide) groups is 1. The van der Waals surface area contributed by atoms with Crippen LogP contribution < -0.4 is 5.56 Å². The van der Waals surface area contributed by atoms with E-state index in [1.165, 1.54) is 23.5 Å². The molecule has 0 bridgehead atoms. The van der Waals surface area contributed by atoms with E-state index in [1.54, 1.807) is 6.07 Å². The summed E-state index contributed by atoms with van der Waals surface area (Å²) < 4.78 is 0. The van der Waals surface area contributed by atoms with Crippen LogP contribution in [0.2, 0.25) is 0 Å². The minimum atomic E-state index is -0.161. The van der Waals surface area contributed by atoms with Gasteiger partial charge in [-0.3, -0.25) is 4.79 Å². The molecule has 0 radical (unpaired) electrons. The Labute approximate surface area is 98.4 Å². The molecule has 0 atom stereocenters. The molecule has 1 aromatic carbocycles. The fourth-order valence-corrected chi connectivity index (χ4v) is 2.15. The van der Waals surface area contributed by atoms with Crippen LogP contribution in [0.5, 0.6) is 0 Å². The molecule has 0 fully saturated rings. The Hall–Kier alpha value is -1.61. The lowest BCUT2D eigenvalue weighted by atomic mass is 10.2. The maximum atomic E-state index is 11.5. The third kappa shape index (κ3) is 2.94. The second kappa shape index (κ2) is 5.47. The summed E-state index contributed by atoms with van der Waals surface area (Å²) in [5, 5.41) is 0. The zero-order valence-corrected chi connectivity index (χ0v) is 9.48. The predicted molar refractivity (Wildman–Crippen MR) is 66.5 cm³/mol. The third-order valence-electron chi connectivity index (χ3n) is 2.08. The molecule has 2 rings (SSSR count). The van der Waals surface area contributed by atoms with Crippen LogP contribution in [0.25, 0.3) is 0 Å². The topological polar surface area (TPSA) is 30.0 Å². The van der Waals surface area contributed by atoms with Crippen molar-refractivity contribution in [3.63, 3.8) is 0 Å². The molecule has 0 aliphatic rings. The van der Waals surface area contributed by atoms with Gasteiger partial charge in [0, 0.05) is 11.9 Å². The summed E-state index contributed by atoms with van der Waals surface area (Å²) in [6, 6.07) is 15.5. The summed E-state index contributed by atoms with van der Waals surface area (Å²) in [5.41, 5.74) is 1.05. The molecule has 3 heteroatoms. The maximum absolute atomic E-state index is 11.5. The van der Waals surface area contributed by atoms with Gasteiger partial charge in [-0.2, -0.15) is 0 Å². The average Bonchev–Trinajstić information content (AvgIpc) is 2.53. The van der Waals surface area contributed by atoms with Gasteiger partial charge in [0.05, 0.1) is 4.90 Å². The Kier molecular flexibility index (Phi) is 3.72. The van der Waals surface area contributed by atoms with Crippen molar-refractivity contribution in [3.8, 4) is 0 Å². The number of nitrogens with zero attached hydrogens (tertiary/aromatic N) is 1. The molecule has 1 aromatic heterocycles. The fourth-order valence-electron chi connectivity index (χ4n) is 1.28. The molecular formula is C13H11NOS. The van der Waals surface area contributed by atoms with Gasteiger partial charge >= 0.3 is 0 Å². The first kappa shape index (κ1) is 10.9. The van der Waals surface area contributed by atoms with Crippen molar-refractivity contribution >= 4 is 11.8 Å². The van der Waals surface area contributed by atoms with Crippen molar-refractivity contribution in [1.29, 1.82) is 0 Å². The van der Waals surface area contributed by atoms with Crippen LogP contribution in [0.3, 0.4) is 0 Å². The first-order valence-electron chi connectivity index (χ1n) is 4.98. The van der Waals surface area contributed by atoms with E-state index in [2.05, 4.69) is 4.98 Å². The quantitative estimate of drug-likeness (QED) is 0.758. The summed E-state index contributed by atoms with van der Waals surface area (Å²) in [6.45, 7) is 0. The van der Waals surface area contributed by atoms with Gasteiger partial charge in [0.2, 0.25) is 0 Å². The zero-order chi connectivity index (χ0) is 11.2. The maximum Gasteiger partial charge on any atom is 0.283 e. The van der Waals surface area contributed by atoms with Gasteiger partial charge in [-0.15, -0.1) is 11.8 Å². The lowest BCUT2D eigenvalue weighted by Gasteiger charge is -1.98. The van der Waals surface area contributed by atoms with Crippen molar-refractivity contribution in [1.82, 2.24) is 4.98 Å². The minimum absolute atomic E-state index is 0.161. The summed E-state index contributed by atoms with van der Waals surface area (Å²) in [4.78, 5) is 16.0. The second-order valence-electron chi connectivity index (χ2n) is 3.27. The normalized spacial score (nSPS) is 10.0. The SMILES string of the molecule is O=c1nccccc1SCc1ccccc1. The van der Waals surface area contributed by atoms with E-state index in [4.69, 9.17) is 0 Å². The predicted octanol–water partition coefficient (Wildman–Crippen LogP) is 2.73. The molecule has 0 N–H and O–H groups in total. The van der Waals surface area contributed by atoms with Crippen molar-refractivity contribution in [2.45, 2.75) is 10.6 Å². The molecule has 0 saturated carbocycles. The van der Waals surface area contributed by atoms with Gasteiger partial charge in [-0.05, 0) is 17.7 Å². The Morgan fingerprint density at radius 3 is 2.56 bits per heavy atom. The van der Waals surface area contributed by atoms with Crippen molar-refractivity contribution < 1.29 is 0 Å². The molecule has 16 heavy (non-hydrogen) atoms. The number of hydrogen-bond donors (Lipinski definition) is 0. The summed E-state index contributed by atoms with van der Waals surface area (Å²) in [7, 11) is 0. The van der Waals surface area contributed by atoms with E-state index in [9.17, 15) is 4.79 Å². The van der Waals surface area contributed by atoms with Crippen LogP contribution in [-0.4, -0.2) is 4.98 Å². The summed E-state index contributed by atoms with van der Waals surface area (Å²) in [5.74, 6) is 0.793. The van der Waals surface area contributed by atoms with Gasteiger partial charge in [0.1, 0.15) is 0 Å². The van der Waals surface area contributed by atoms with E-state index in [-0.39, 0.29) is 5.56 Å². The van der Waals surface area contributed by atoms with Crippen LogP contribution >= 0.6 is 11.8 Å². The highest BCUT2D eigenvalue weighted by Crippen LogP contribution is 2.18. The van der Waals surface area contributed by atoms with E-state index in [1.807, 2.05) is 42.5 Å². The van der Waals surface area contributed by atoms with Crippen LogP contribution in [-0.2, 0) is 5.75 Å². The Morgan fingerprint density at radius 1 is 1.00 bits per heavy atom. The highest BCUT2D eigenvalue weighted by Gasteiger charge is 1.99. The van der Waals surface area contributed by atoms with E-state index < -0.39 is 0 Å². The van der Waals surface area contributed by atoms with E-state index in [0.29, 0.717) is 4.90 Å². The minimum Gasteiger partial charge on any atom is -0.266 e. The Balaban J connectivity index is 2.12. The number of benzene rings is 1. The molecule has 2 aromatic rings. The van der Waals surface area contributed by atoms with E-state index >= 15 is 0 Å². The largest absolute Gasteiger partial charge is 0.283 e. The van der Waals surface area contributed by atoms with Crippen molar-refractivity contribution in [2.24, 2.45) is 0 Å². The number of aromatic nitrogens is 1. The average molecular weight is 229 g/mol. The van der Waals surface area contributed by atoms with Gasteiger partial charge in [0.15, 0.2) is 0 Å². The first-order valence-corrected chi connectivity index (χ1v) is 5.97. The van der Waals surface area contributed by atoms with Crippen LogP contribution in [0.1, 0.15) is 5.56 Å². The van der Waals surface area contributed by atoms with Crippen LogP contribution in [0.15, 0.2) is 64.4 Å². The Morgan fingerprint density at radius 2 is 1.75 bits per heavy atom. The van der Waals surface area contributed by atoms with Gasteiger partial charge in [0.25, 0.3) is 5.56 Å². The molecule has 1 heterocycles. The number of rotatable bonds is 3. The van der Waals surface area contributed by atoms with Gasteiger partial charge in [-0.25, -0.2) is 4.98 Å². The molecular weight excluding hydrogens is 218 g/mol. The molecule has 0 aliphatic heterocycles. The zero-order valence-electron chi connectivity index (χ0n) is 8.67. The van der Waals surface area contributed by atoms with Crippen molar-refractivity contribution in [2.75, 3.05) is 0 Å². The van der Waals surface area contributed by atoms with Crippen LogP contribution in [0.4, 0.5) is 0 Å². The molecule has 0 saturated heterocycles. The van der Waals surface area contributed by atoms with E-state index in [0.717, 1.165) is 5.75 Å². The lowest BCUT2D eigenvalue weighted by molar-refractivity contribution is 1.18. The molecule has 0 amide bonds. The standard InChI is InChI=1S/C13H11NOS/c15-13-12(8-4-5-9-14-13)16-10-11-6-2-1-3-7-11/h1-9H,10H2. The van der Waals surface area contributed by atoms with Gasteiger partial charge < -0.3 is 0 Å². The van der Waals surface area contributed by atoms with Gasteiger partial charge in [-0.1, -0.05) is 36.4 Å². The van der Waals surface area contributed by atoms with Crippen LogP contribution in [0, 0.1) is 0 Å². The molecule has 2 nitrogen and oxygen atoms in total. The highest BCUT2D eigenvalue weighted by atomic mass is 32.2. The first-order chi connectivity index (χ1) is 7.86.